The highest BCUT2D eigenvalue weighted by molar-refractivity contribution is 5.92. The first kappa shape index (κ1) is 21.3. The Morgan fingerprint density at radius 2 is 1.79 bits per heavy atom. The molecule has 6 nitrogen and oxygen atoms in total. The number of hydrogen-bond acceptors (Lipinski definition) is 5. The van der Waals surface area contributed by atoms with Crippen LogP contribution in [0.2, 0.25) is 0 Å². The van der Waals surface area contributed by atoms with E-state index in [1.54, 1.807) is 12.1 Å². The van der Waals surface area contributed by atoms with E-state index in [1.165, 1.54) is 13.2 Å². The summed E-state index contributed by atoms with van der Waals surface area (Å²) in [5.41, 5.74) is 1.32. The lowest BCUT2D eigenvalue weighted by Crippen LogP contribution is -2.32. The number of rotatable bonds is 10. The molecule has 2 rings (SSSR count). The number of carbonyl (C=O) groups excluding carboxylic acids is 2. The molecule has 1 amide bonds. The first-order valence-corrected chi connectivity index (χ1v) is 9.41. The molecule has 0 aliphatic rings. The largest absolute Gasteiger partial charge is 0.493 e. The van der Waals surface area contributed by atoms with Crippen molar-refractivity contribution >= 4 is 11.9 Å². The summed E-state index contributed by atoms with van der Waals surface area (Å²) in [6.07, 6.45) is 1.73. The Hall–Kier alpha value is -3.02. The molecule has 0 aliphatic carbocycles. The standard InChI is InChI=1S/C22H27NO5/c1-4-9-18(16-10-7-6-8-11-16)23-21(24)15-28-22(25)17-12-13-19(27-5-2)20(14-17)26-3/h6-8,10-14,18H,4-5,9,15H2,1-3H3,(H,23,24)/t18-/m1/s1. The molecule has 0 radical (unpaired) electrons. The molecule has 2 aromatic carbocycles. The molecule has 0 unspecified atom stereocenters. The fourth-order valence-electron chi connectivity index (χ4n) is 2.82. The van der Waals surface area contributed by atoms with Crippen molar-refractivity contribution in [3.05, 3.63) is 59.7 Å². The van der Waals surface area contributed by atoms with Gasteiger partial charge in [-0.3, -0.25) is 4.79 Å². The van der Waals surface area contributed by atoms with E-state index in [9.17, 15) is 9.59 Å². The molecule has 150 valence electrons. The molecule has 2 aromatic rings. The van der Waals surface area contributed by atoms with E-state index in [-0.39, 0.29) is 18.6 Å². The SMILES string of the molecule is CCC[C@@H](NC(=O)COC(=O)c1ccc(OCC)c(OC)c1)c1ccccc1. The van der Waals surface area contributed by atoms with Crippen molar-refractivity contribution in [2.45, 2.75) is 32.7 Å². The minimum Gasteiger partial charge on any atom is -0.493 e. The molecule has 0 spiro atoms. The van der Waals surface area contributed by atoms with E-state index in [4.69, 9.17) is 14.2 Å². The van der Waals surface area contributed by atoms with Crippen LogP contribution in [0.3, 0.4) is 0 Å². The van der Waals surface area contributed by atoms with Gasteiger partial charge in [-0.2, -0.15) is 0 Å². The summed E-state index contributed by atoms with van der Waals surface area (Å²) in [6.45, 7) is 4.06. The number of nitrogens with one attached hydrogen (secondary N) is 1. The molecule has 28 heavy (non-hydrogen) atoms. The number of methoxy groups -OCH3 is 1. The lowest BCUT2D eigenvalue weighted by atomic mass is 10.0. The van der Waals surface area contributed by atoms with Gasteiger partial charge in [0, 0.05) is 0 Å². The first-order valence-electron chi connectivity index (χ1n) is 9.41. The van der Waals surface area contributed by atoms with E-state index in [1.807, 2.05) is 37.3 Å². The van der Waals surface area contributed by atoms with Crippen molar-refractivity contribution in [3.63, 3.8) is 0 Å². The molecule has 6 heteroatoms. The molecule has 0 saturated carbocycles. The van der Waals surface area contributed by atoms with Crippen molar-refractivity contribution in [2.75, 3.05) is 20.3 Å². The van der Waals surface area contributed by atoms with E-state index < -0.39 is 5.97 Å². The molecular weight excluding hydrogens is 358 g/mol. The molecule has 0 aliphatic heterocycles. The van der Waals surface area contributed by atoms with Crippen molar-refractivity contribution < 1.29 is 23.8 Å². The van der Waals surface area contributed by atoms with Crippen LogP contribution in [0.1, 0.15) is 48.7 Å². The predicted molar refractivity (Wildman–Crippen MR) is 107 cm³/mol. The lowest BCUT2D eigenvalue weighted by Gasteiger charge is -2.18. The van der Waals surface area contributed by atoms with Crippen LogP contribution in [0.25, 0.3) is 0 Å². The summed E-state index contributed by atoms with van der Waals surface area (Å²) in [5, 5.41) is 2.93. The Morgan fingerprint density at radius 3 is 2.43 bits per heavy atom. The van der Waals surface area contributed by atoms with Crippen LogP contribution < -0.4 is 14.8 Å². The summed E-state index contributed by atoms with van der Waals surface area (Å²) in [4.78, 5) is 24.5. The van der Waals surface area contributed by atoms with Crippen LogP contribution in [-0.2, 0) is 9.53 Å². The zero-order chi connectivity index (χ0) is 20.4. The smallest absolute Gasteiger partial charge is 0.338 e. The predicted octanol–water partition coefficient (Wildman–Crippen LogP) is 3.91. The molecule has 0 fully saturated rings. The average Bonchev–Trinajstić information content (AvgIpc) is 2.72. The van der Waals surface area contributed by atoms with Gasteiger partial charge >= 0.3 is 5.97 Å². The maximum atomic E-state index is 12.3. The Labute approximate surface area is 165 Å². The Balaban J connectivity index is 1.95. The maximum absolute atomic E-state index is 12.3. The zero-order valence-electron chi connectivity index (χ0n) is 16.6. The zero-order valence-corrected chi connectivity index (χ0v) is 16.6. The third kappa shape index (κ3) is 6.01. The summed E-state index contributed by atoms with van der Waals surface area (Å²) in [6, 6.07) is 14.4. The van der Waals surface area contributed by atoms with Gasteiger partial charge < -0.3 is 19.5 Å². The highest BCUT2D eigenvalue weighted by Gasteiger charge is 2.17. The van der Waals surface area contributed by atoms with Gasteiger partial charge in [0.25, 0.3) is 5.91 Å². The van der Waals surface area contributed by atoms with Gasteiger partial charge in [0.05, 0.1) is 25.3 Å². The van der Waals surface area contributed by atoms with Crippen molar-refractivity contribution in [3.8, 4) is 11.5 Å². The van der Waals surface area contributed by atoms with Gasteiger partial charge in [0.15, 0.2) is 18.1 Å². The Bertz CT molecular complexity index is 776. The topological polar surface area (TPSA) is 73.9 Å². The Morgan fingerprint density at radius 1 is 1.04 bits per heavy atom. The summed E-state index contributed by atoms with van der Waals surface area (Å²) >= 11 is 0. The highest BCUT2D eigenvalue weighted by atomic mass is 16.5. The van der Waals surface area contributed by atoms with Crippen LogP contribution >= 0.6 is 0 Å². The van der Waals surface area contributed by atoms with Gasteiger partial charge in [-0.15, -0.1) is 0 Å². The van der Waals surface area contributed by atoms with Crippen molar-refractivity contribution in [1.82, 2.24) is 5.32 Å². The molecule has 0 aromatic heterocycles. The van der Waals surface area contributed by atoms with Crippen LogP contribution in [-0.4, -0.2) is 32.2 Å². The number of carbonyl (C=O) groups is 2. The van der Waals surface area contributed by atoms with Gasteiger partial charge in [-0.25, -0.2) is 4.79 Å². The summed E-state index contributed by atoms with van der Waals surface area (Å²) < 4.78 is 15.8. The first-order chi connectivity index (χ1) is 13.6. The van der Waals surface area contributed by atoms with Gasteiger partial charge in [0.1, 0.15) is 0 Å². The normalized spacial score (nSPS) is 11.4. The molecular formula is C22H27NO5. The van der Waals surface area contributed by atoms with Crippen LogP contribution in [0.5, 0.6) is 11.5 Å². The summed E-state index contributed by atoms with van der Waals surface area (Å²) in [7, 11) is 1.50. The fourth-order valence-corrected chi connectivity index (χ4v) is 2.82. The molecule has 1 atom stereocenters. The van der Waals surface area contributed by atoms with Crippen LogP contribution in [0.15, 0.2) is 48.5 Å². The molecule has 0 saturated heterocycles. The third-order valence-electron chi connectivity index (χ3n) is 4.15. The van der Waals surface area contributed by atoms with Crippen molar-refractivity contribution in [1.29, 1.82) is 0 Å². The second-order valence-electron chi connectivity index (χ2n) is 6.19. The second-order valence-corrected chi connectivity index (χ2v) is 6.19. The van der Waals surface area contributed by atoms with E-state index >= 15 is 0 Å². The number of benzene rings is 2. The third-order valence-corrected chi connectivity index (χ3v) is 4.15. The van der Waals surface area contributed by atoms with Gasteiger partial charge in [-0.1, -0.05) is 43.7 Å². The fraction of sp³-hybridized carbons (Fsp3) is 0.364. The van der Waals surface area contributed by atoms with Crippen molar-refractivity contribution in [2.24, 2.45) is 0 Å². The molecule has 0 heterocycles. The van der Waals surface area contributed by atoms with Crippen LogP contribution in [0.4, 0.5) is 0 Å². The second kappa shape index (κ2) is 11.0. The quantitative estimate of drug-likeness (QED) is 0.628. The number of amides is 1. The van der Waals surface area contributed by atoms with E-state index in [2.05, 4.69) is 12.2 Å². The number of esters is 1. The van der Waals surface area contributed by atoms with Gasteiger partial charge in [0.2, 0.25) is 0 Å². The summed E-state index contributed by atoms with van der Waals surface area (Å²) in [5.74, 6) is 0.0502. The van der Waals surface area contributed by atoms with E-state index in [0.29, 0.717) is 23.7 Å². The van der Waals surface area contributed by atoms with Gasteiger partial charge in [-0.05, 0) is 37.1 Å². The Kier molecular flexibility index (Phi) is 8.34. The minimum absolute atomic E-state index is 0.108. The molecule has 1 N–H and O–H groups in total. The highest BCUT2D eigenvalue weighted by Crippen LogP contribution is 2.28. The average molecular weight is 385 g/mol. The number of hydrogen-bond donors (Lipinski definition) is 1. The molecule has 0 bridgehead atoms. The number of ether oxygens (including phenoxy) is 3. The monoisotopic (exact) mass is 385 g/mol. The van der Waals surface area contributed by atoms with E-state index in [0.717, 1.165) is 18.4 Å². The van der Waals surface area contributed by atoms with Crippen LogP contribution in [0, 0.1) is 0 Å². The lowest BCUT2D eigenvalue weighted by molar-refractivity contribution is -0.125. The maximum Gasteiger partial charge on any atom is 0.338 e. The minimum atomic E-state index is -0.594.